The third-order valence-electron chi connectivity index (χ3n) is 3.83. The summed E-state index contributed by atoms with van der Waals surface area (Å²) < 4.78 is 5.36. The topological polar surface area (TPSA) is 67.8 Å². The Kier molecular flexibility index (Phi) is 6.19. The number of halogens is 1. The molecule has 3 aromatic rings. The maximum atomic E-state index is 12.2. The highest BCUT2D eigenvalue weighted by atomic mass is 35.5. The fourth-order valence-electron chi connectivity index (χ4n) is 2.43. The summed E-state index contributed by atoms with van der Waals surface area (Å²) in [6.07, 6.45) is 1.46. The molecule has 3 rings (SSSR count). The smallest absolute Gasteiger partial charge is 0.343 e. The van der Waals surface area contributed by atoms with Crippen LogP contribution >= 0.6 is 11.6 Å². The maximum absolute atomic E-state index is 12.2. The summed E-state index contributed by atoms with van der Waals surface area (Å²) in [4.78, 5) is 24.3. The van der Waals surface area contributed by atoms with Gasteiger partial charge in [-0.15, -0.1) is 0 Å². The van der Waals surface area contributed by atoms with Crippen LogP contribution in [-0.2, 0) is 0 Å². The van der Waals surface area contributed by atoms with Crippen molar-refractivity contribution in [1.82, 2.24) is 5.43 Å². The van der Waals surface area contributed by atoms with E-state index in [1.807, 2.05) is 13.0 Å². The quantitative estimate of drug-likeness (QED) is 0.298. The van der Waals surface area contributed by atoms with E-state index in [0.717, 1.165) is 5.56 Å². The molecule has 5 nitrogen and oxygen atoms in total. The molecule has 0 saturated heterocycles. The monoisotopic (exact) mass is 392 g/mol. The third-order valence-corrected chi connectivity index (χ3v) is 4.14. The lowest BCUT2D eigenvalue weighted by Crippen LogP contribution is -2.18. The van der Waals surface area contributed by atoms with Crippen molar-refractivity contribution in [2.75, 3.05) is 0 Å². The standard InChI is InChI=1S/C22H17ClN2O3/c1-15-10-11-19(20(23)12-15)21(26)25-24-14-16-6-5-9-18(13-16)28-22(27)17-7-3-2-4-8-17/h2-14H,1H3,(H,25,26)/b24-14+. The van der Waals surface area contributed by atoms with Crippen LogP contribution in [0.5, 0.6) is 5.75 Å². The molecule has 0 saturated carbocycles. The number of ether oxygens (including phenoxy) is 1. The molecule has 6 heteroatoms. The van der Waals surface area contributed by atoms with Gasteiger partial charge in [-0.2, -0.15) is 5.10 Å². The zero-order valence-corrected chi connectivity index (χ0v) is 15.8. The molecule has 0 aliphatic carbocycles. The molecule has 0 atom stereocenters. The molecule has 1 N–H and O–H groups in total. The number of carbonyl (C=O) groups is 2. The molecule has 140 valence electrons. The Bertz CT molecular complexity index is 1030. The van der Waals surface area contributed by atoms with E-state index in [-0.39, 0.29) is 0 Å². The van der Waals surface area contributed by atoms with Gasteiger partial charge in [-0.1, -0.05) is 48.0 Å². The molecular formula is C22H17ClN2O3. The summed E-state index contributed by atoms with van der Waals surface area (Å²) in [7, 11) is 0. The second kappa shape index (κ2) is 8.97. The first-order chi connectivity index (χ1) is 13.5. The fraction of sp³-hybridized carbons (Fsp3) is 0.0455. The van der Waals surface area contributed by atoms with E-state index in [1.54, 1.807) is 66.7 Å². The van der Waals surface area contributed by atoms with Crippen LogP contribution < -0.4 is 10.2 Å². The van der Waals surface area contributed by atoms with E-state index < -0.39 is 11.9 Å². The van der Waals surface area contributed by atoms with Crippen molar-refractivity contribution in [3.05, 3.63) is 100 Å². The molecule has 0 spiro atoms. The van der Waals surface area contributed by atoms with Crippen LogP contribution in [0, 0.1) is 6.92 Å². The van der Waals surface area contributed by atoms with Gasteiger partial charge in [-0.25, -0.2) is 10.2 Å². The summed E-state index contributed by atoms with van der Waals surface area (Å²) >= 11 is 6.08. The number of aryl methyl sites for hydroxylation is 1. The molecule has 0 aliphatic rings. The number of esters is 1. The molecule has 0 heterocycles. The van der Waals surface area contributed by atoms with E-state index in [0.29, 0.717) is 27.5 Å². The Labute approximate surface area is 167 Å². The summed E-state index contributed by atoms with van der Waals surface area (Å²) in [6, 6.07) is 20.7. The number of nitrogens with zero attached hydrogens (tertiary/aromatic N) is 1. The number of amides is 1. The van der Waals surface area contributed by atoms with E-state index in [9.17, 15) is 9.59 Å². The van der Waals surface area contributed by atoms with Crippen molar-refractivity contribution in [1.29, 1.82) is 0 Å². The van der Waals surface area contributed by atoms with E-state index in [2.05, 4.69) is 10.5 Å². The second-order valence-electron chi connectivity index (χ2n) is 6.01. The van der Waals surface area contributed by atoms with Gasteiger partial charge >= 0.3 is 5.97 Å². The molecule has 0 bridgehead atoms. The largest absolute Gasteiger partial charge is 0.423 e. The predicted octanol–water partition coefficient (Wildman–Crippen LogP) is 4.63. The van der Waals surface area contributed by atoms with Crippen molar-refractivity contribution in [3.8, 4) is 5.75 Å². The van der Waals surface area contributed by atoms with Crippen molar-refractivity contribution in [3.63, 3.8) is 0 Å². The molecule has 3 aromatic carbocycles. The van der Waals surface area contributed by atoms with Crippen LogP contribution in [0.4, 0.5) is 0 Å². The minimum atomic E-state index is -0.447. The van der Waals surface area contributed by atoms with Crippen molar-refractivity contribution in [2.45, 2.75) is 6.92 Å². The van der Waals surface area contributed by atoms with Gasteiger partial charge < -0.3 is 4.74 Å². The van der Waals surface area contributed by atoms with Crippen LogP contribution in [0.3, 0.4) is 0 Å². The summed E-state index contributed by atoms with van der Waals surface area (Å²) in [6.45, 7) is 1.89. The van der Waals surface area contributed by atoms with Crippen LogP contribution in [0.15, 0.2) is 77.9 Å². The van der Waals surface area contributed by atoms with Gasteiger partial charge in [0, 0.05) is 0 Å². The molecule has 0 aromatic heterocycles. The zero-order chi connectivity index (χ0) is 19.9. The van der Waals surface area contributed by atoms with E-state index >= 15 is 0 Å². The fourth-order valence-corrected chi connectivity index (χ4v) is 2.75. The number of benzene rings is 3. The minimum absolute atomic E-state index is 0.343. The molecule has 0 fully saturated rings. The number of hydrazone groups is 1. The highest BCUT2D eigenvalue weighted by Crippen LogP contribution is 2.17. The number of hydrogen-bond donors (Lipinski definition) is 1. The van der Waals surface area contributed by atoms with Crippen LogP contribution in [-0.4, -0.2) is 18.1 Å². The van der Waals surface area contributed by atoms with Crippen molar-refractivity contribution in [2.24, 2.45) is 5.10 Å². The second-order valence-corrected chi connectivity index (χ2v) is 6.42. The maximum Gasteiger partial charge on any atom is 0.343 e. The van der Waals surface area contributed by atoms with E-state index in [1.165, 1.54) is 6.21 Å². The molecule has 0 radical (unpaired) electrons. The Morgan fingerprint density at radius 1 is 1.00 bits per heavy atom. The van der Waals surface area contributed by atoms with Gasteiger partial charge in [0.1, 0.15) is 5.75 Å². The first-order valence-electron chi connectivity index (χ1n) is 8.50. The first-order valence-corrected chi connectivity index (χ1v) is 8.87. The predicted molar refractivity (Wildman–Crippen MR) is 109 cm³/mol. The van der Waals surface area contributed by atoms with E-state index in [4.69, 9.17) is 16.3 Å². The minimum Gasteiger partial charge on any atom is -0.423 e. The average molecular weight is 393 g/mol. The van der Waals surface area contributed by atoms with Crippen molar-refractivity contribution < 1.29 is 14.3 Å². The lowest BCUT2D eigenvalue weighted by Gasteiger charge is -2.05. The third kappa shape index (κ3) is 5.05. The highest BCUT2D eigenvalue weighted by molar-refractivity contribution is 6.33. The Morgan fingerprint density at radius 3 is 2.54 bits per heavy atom. The zero-order valence-electron chi connectivity index (χ0n) is 15.1. The number of hydrogen-bond acceptors (Lipinski definition) is 4. The number of nitrogens with one attached hydrogen (secondary N) is 1. The number of rotatable bonds is 5. The lowest BCUT2D eigenvalue weighted by atomic mass is 10.1. The van der Waals surface area contributed by atoms with Gasteiger partial charge in [0.05, 0.1) is 22.4 Å². The van der Waals surface area contributed by atoms with Gasteiger partial charge in [-0.3, -0.25) is 4.79 Å². The Hall–Kier alpha value is -3.44. The molecule has 0 aliphatic heterocycles. The van der Waals surface area contributed by atoms with Crippen molar-refractivity contribution >= 4 is 29.7 Å². The molecule has 28 heavy (non-hydrogen) atoms. The Balaban J connectivity index is 1.64. The molecule has 1 amide bonds. The SMILES string of the molecule is Cc1ccc(C(=O)N/N=C/c2cccc(OC(=O)c3ccccc3)c2)c(Cl)c1. The van der Waals surface area contributed by atoms with Gasteiger partial charge in [-0.05, 0) is 54.4 Å². The summed E-state index contributed by atoms with van der Waals surface area (Å²) in [5.41, 5.74) is 4.86. The average Bonchev–Trinajstić information content (AvgIpc) is 2.69. The van der Waals surface area contributed by atoms with Crippen LogP contribution in [0.2, 0.25) is 5.02 Å². The van der Waals surface area contributed by atoms with Crippen LogP contribution in [0.1, 0.15) is 31.8 Å². The van der Waals surface area contributed by atoms with Crippen LogP contribution in [0.25, 0.3) is 0 Å². The number of carbonyl (C=O) groups excluding carboxylic acids is 2. The lowest BCUT2D eigenvalue weighted by molar-refractivity contribution is 0.0734. The molecule has 0 unspecified atom stereocenters. The summed E-state index contributed by atoms with van der Waals surface area (Å²) in [5.74, 6) is -0.476. The Morgan fingerprint density at radius 2 is 1.79 bits per heavy atom. The van der Waals surface area contributed by atoms with Gasteiger partial charge in [0.2, 0.25) is 0 Å². The van der Waals surface area contributed by atoms with Gasteiger partial charge in [0.25, 0.3) is 5.91 Å². The van der Waals surface area contributed by atoms with Gasteiger partial charge in [0.15, 0.2) is 0 Å². The summed E-state index contributed by atoms with van der Waals surface area (Å²) in [5, 5.41) is 4.30. The highest BCUT2D eigenvalue weighted by Gasteiger charge is 2.10. The molecular weight excluding hydrogens is 376 g/mol. The first kappa shape index (κ1) is 19.3. The normalized spacial score (nSPS) is 10.6.